The average molecular weight is 281 g/mol. The van der Waals surface area contributed by atoms with Gasteiger partial charge < -0.3 is 10.5 Å². The lowest BCUT2D eigenvalue weighted by atomic mass is 10.0. The Kier molecular flexibility index (Phi) is 3.62. The van der Waals surface area contributed by atoms with Gasteiger partial charge in [-0.05, 0) is 29.8 Å². The predicted octanol–water partition coefficient (Wildman–Crippen LogP) is 2.92. The van der Waals surface area contributed by atoms with Gasteiger partial charge in [0.1, 0.15) is 12.4 Å². The Morgan fingerprint density at radius 3 is 2.71 bits per heavy atom. The van der Waals surface area contributed by atoms with Crippen molar-refractivity contribution in [3.8, 4) is 5.75 Å². The van der Waals surface area contributed by atoms with Gasteiger partial charge in [0.2, 0.25) is 0 Å². The summed E-state index contributed by atoms with van der Waals surface area (Å²) in [6.45, 7) is 2.93. The molecular weight excluding hydrogens is 262 g/mol. The number of aryl methyl sites for hydroxylation is 2. The topological polar surface area (TPSA) is 53.1 Å². The van der Waals surface area contributed by atoms with Crippen LogP contribution in [0.2, 0.25) is 0 Å². The highest BCUT2D eigenvalue weighted by atomic mass is 16.5. The Hall–Kier alpha value is -2.33. The first kappa shape index (κ1) is 13.6. The van der Waals surface area contributed by atoms with Crippen LogP contribution in [0, 0.1) is 6.92 Å². The van der Waals surface area contributed by atoms with Gasteiger partial charge in [-0.1, -0.05) is 30.3 Å². The molecule has 21 heavy (non-hydrogen) atoms. The fraction of sp³-hybridized carbons (Fsp3) is 0.235. The summed E-state index contributed by atoms with van der Waals surface area (Å²) in [5.74, 6) is 0.843. The van der Waals surface area contributed by atoms with Crippen LogP contribution in [0.1, 0.15) is 17.0 Å². The summed E-state index contributed by atoms with van der Waals surface area (Å²) in [6, 6.07) is 14.3. The summed E-state index contributed by atoms with van der Waals surface area (Å²) in [7, 11) is 1.93. The fourth-order valence-corrected chi connectivity index (χ4v) is 2.61. The first-order valence-corrected chi connectivity index (χ1v) is 7.02. The Morgan fingerprint density at radius 2 is 2.00 bits per heavy atom. The minimum Gasteiger partial charge on any atom is -0.487 e. The lowest BCUT2D eigenvalue weighted by molar-refractivity contribution is 0.292. The summed E-state index contributed by atoms with van der Waals surface area (Å²) in [5, 5.41) is 6.66. The fourth-order valence-electron chi connectivity index (χ4n) is 2.61. The van der Waals surface area contributed by atoms with Gasteiger partial charge in [-0.15, -0.1) is 0 Å². The third-order valence-electron chi connectivity index (χ3n) is 3.68. The molecule has 1 heterocycles. The molecule has 0 amide bonds. The van der Waals surface area contributed by atoms with Crippen LogP contribution in [-0.4, -0.2) is 9.78 Å². The van der Waals surface area contributed by atoms with Gasteiger partial charge in [0.15, 0.2) is 0 Å². The molecule has 0 saturated carbocycles. The third-order valence-corrected chi connectivity index (χ3v) is 3.68. The van der Waals surface area contributed by atoms with Crippen molar-refractivity contribution < 1.29 is 4.74 Å². The summed E-state index contributed by atoms with van der Waals surface area (Å²) >= 11 is 0. The van der Waals surface area contributed by atoms with Crippen molar-refractivity contribution in [2.75, 3.05) is 0 Å². The van der Waals surface area contributed by atoms with E-state index in [9.17, 15) is 0 Å². The van der Waals surface area contributed by atoms with E-state index in [1.165, 1.54) is 5.39 Å². The molecule has 0 bridgehead atoms. The summed E-state index contributed by atoms with van der Waals surface area (Å²) in [4.78, 5) is 0. The van der Waals surface area contributed by atoms with Crippen LogP contribution in [-0.2, 0) is 20.2 Å². The Labute approximate surface area is 124 Å². The normalized spacial score (nSPS) is 11.0. The minimum absolute atomic E-state index is 0.459. The van der Waals surface area contributed by atoms with Crippen LogP contribution in [0.3, 0.4) is 0 Å². The van der Waals surface area contributed by atoms with E-state index in [-0.39, 0.29) is 0 Å². The highest BCUT2D eigenvalue weighted by Gasteiger charge is 2.09. The first-order chi connectivity index (χ1) is 10.2. The lowest BCUT2D eigenvalue weighted by Gasteiger charge is -2.13. The number of rotatable bonds is 4. The second-order valence-corrected chi connectivity index (χ2v) is 5.16. The van der Waals surface area contributed by atoms with E-state index < -0.39 is 0 Å². The molecule has 0 fully saturated rings. The number of fused-ring (bicyclic) bond motifs is 1. The molecule has 0 aliphatic heterocycles. The molecule has 0 radical (unpaired) electrons. The zero-order valence-electron chi connectivity index (χ0n) is 12.3. The summed E-state index contributed by atoms with van der Waals surface area (Å²) < 4.78 is 7.82. The summed E-state index contributed by atoms with van der Waals surface area (Å²) in [5.41, 5.74) is 9.01. The van der Waals surface area contributed by atoms with Gasteiger partial charge in [-0.25, -0.2) is 0 Å². The van der Waals surface area contributed by atoms with E-state index in [4.69, 9.17) is 10.5 Å². The van der Waals surface area contributed by atoms with E-state index in [0.29, 0.717) is 13.2 Å². The number of nitrogens with zero attached hydrogens (tertiary/aromatic N) is 2. The van der Waals surface area contributed by atoms with Crippen LogP contribution >= 0.6 is 0 Å². The second-order valence-electron chi connectivity index (χ2n) is 5.16. The number of benzene rings is 2. The predicted molar refractivity (Wildman–Crippen MR) is 84.1 cm³/mol. The van der Waals surface area contributed by atoms with E-state index in [2.05, 4.69) is 23.3 Å². The Balaban J connectivity index is 1.91. The lowest BCUT2D eigenvalue weighted by Crippen LogP contribution is -2.06. The summed E-state index contributed by atoms with van der Waals surface area (Å²) in [6.07, 6.45) is 0. The van der Waals surface area contributed by atoms with Crippen molar-refractivity contribution in [3.63, 3.8) is 0 Å². The maximum absolute atomic E-state index is 5.98. The molecule has 4 nitrogen and oxygen atoms in total. The number of hydrogen-bond donors (Lipinski definition) is 1. The average Bonchev–Trinajstić information content (AvgIpc) is 2.82. The first-order valence-electron chi connectivity index (χ1n) is 7.02. The van der Waals surface area contributed by atoms with Gasteiger partial charge in [0, 0.05) is 19.2 Å². The van der Waals surface area contributed by atoms with Gasteiger partial charge in [0.25, 0.3) is 0 Å². The van der Waals surface area contributed by atoms with Crippen molar-refractivity contribution in [3.05, 3.63) is 59.4 Å². The van der Waals surface area contributed by atoms with E-state index in [1.807, 2.05) is 42.9 Å². The van der Waals surface area contributed by atoms with Crippen LogP contribution < -0.4 is 10.5 Å². The second kappa shape index (κ2) is 5.58. The minimum atomic E-state index is 0.459. The standard InChI is InChI=1S/C17H19N3O/c1-12-9-14(20(2)19-12)11-21-17-8-7-13-5-3-4-6-15(13)16(17)10-18/h3-9H,10-11,18H2,1-2H3. The van der Waals surface area contributed by atoms with Crippen molar-refractivity contribution in [1.82, 2.24) is 9.78 Å². The van der Waals surface area contributed by atoms with Crippen molar-refractivity contribution >= 4 is 10.8 Å². The van der Waals surface area contributed by atoms with E-state index in [0.717, 1.165) is 28.1 Å². The molecule has 3 rings (SSSR count). The van der Waals surface area contributed by atoms with Gasteiger partial charge >= 0.3 is 0 Å². The molecule has 108 valence electrons. The molecule has 0 spiro atoms. The molecule has 0 unspecified atom stereocenters. The zero-order chi connectivity index (χ0) is 14.8. The molecule has 0 aliphatic rings. The Bertz CT molecular complexity index is 777. The number of ether oxygens (including phenoxy) is 1. The Morgan fingerprint density at radius 1 is 1.19 bits per heavy atom. The van der Waals surface area contributed by atoms with Crippen LogP contribution in [0.4, 0.5) is 0 Å². The highest BCUT2D eigenvalue weighted by Crippen LogP contribution is 2.28. The van der Waals surface area contributed by atoms with E-state index >= 15 is 0 Å². The molecule has 1 aromatic heterocycles. The van der Waals surface area contributed by atoms with Gasteiger partial charge in [-0.2, -0.15) is 5.10 Å². The maximum atomic E-state index is 5.98. The molecule has 0 saturated heterocycles. The van der Waals surface area contributed by atoms with Gasteiger partial charge in [-0.3, -0.25) is 4.68 Å². The molecule has 3 aromatic rings. The van der Waals surface area contributed by atoms with Gasteiger partial charge in [0.05, 0.1) is 11.4 Å². The molecule has 0 aliphatic carbocycles. The third kappa shape index (κ3) is 2.62. The maximum Gasteiger partial charge on any atom is 0.130 e. The van der Waals surface area contributed by atoms with Crippen LogP contribution in [0.25, 0.3) is 10.8 Å². The number of aromatic nitrogens is 2. The van der Waals surface area contributed by atoms with Crippen molar-refractivity contribution in [2.45, 2.75) is 20.1 Å². The largest absolute Gasteiger partial charge is 0.487 e. The van der Waals surface area contributed by atoms with E-state index in [1.54, 1.807) is 0 Å². The monoisotopic (exact) mass is 281 g/mol. The molecule has 0 atom stereocenters. The molecule has 4 heteroatoms. The number of hydrogen-bond acceptors (Lipinski definition) is 3. The zero-order valence-corrected chi connectivity index (χ0v) is 12.3. The molecular formula is C17H19N3O. The van der Waals surface area contributed by atoms with Crippen molar-refractivity contribution in [1.29, 1.82) is 0 Å². The molecule has 2 N–H and O–H groups in total. The smallest absolute Gasteiger partial charge is 0.130 e. The molecule has 2 aromatic carbocycles. The van der Waals surface area contributed by atoms with Crippen LogP contribution in [0.15, 0.2) is 42.5 Å². The SMILES string of the molecule is Cc1cc(COc2ccc3ccccc3c2CN)n(C)n1. The van der Waals surface area contributed by atoms with Crippen LogP contribution in [0.5, 0.6) is 5.75 Å². The quantitative estimate of drug-likeness (QED) is 0.800. The highest BCUT2D eigenvalue weighted by molar-refractivity contribution is 5.87. The van der Waals surface area contributed by atoms with Crippen molar-refractivity contribution in [2.24, 2.45) is 12.8 Å². The number of nitrogens with two attached hydrogens (primary N) is 1.